The van der Waals surface area contributed by atoms with Gasteiger partial charge in [-0.1, -0.05) is 35.5 Å². The molecule has 2 heterocycles. The smallest absolute Gasteiger partial charge is 0.241 e. The Labute approximate surface area is 250 Å². The number of carbonyl (C=O) groups excluding carboxylic acids is 2. The average Bonchev–Trinajstić information content (AvgIpc) is 3.75. The van der Waals surface area contributed by atoms with Gasteiger partial charge in [0.25, 0.3) is 0 Å². The lowest BCUT2D eigenvalue weighted by atomic mass is 9.98. The summed E-state index contributed by atoms with van der Waals surface area (Å²) in [6, 6.07) is 10.8. The lowest BCUT2D eigenvalue weighted by Gasteiger charge is -2.33. The van der Waals surface area contributed by atoms with Crippen molar-refractivity contribution in [3.63, 3.8) is 0 Å². The number of sulfonamides is 1. The number of carbonyl (C=O) groups is 2. The van der Waals surface area contributed by atoms with Crippen molar-refractivity contribution < 1.29 is 22.5 Å². The van der Waals surface area contributed by atoms with Crippen molar-refractivity contribution in [2.75, 3.05) is 26.2 Å². The van der Waals surface area contributed by atoms with Crippen molar-refractivity contribution >= 4 is 38.6 Å². The number of rotatable bonds is 12. The molecule has 2 aromatic carbocycles. The first-order chi connectivity index (χ1) is 20.6. The number of aromatic nitrogens is 2. The van der Waals surface area contributed by atoms with E-state index in [0.29, 0.717) is 37.8 Å². The maximum absolute atomic E-state index is 13.9. The van der Waals surface area contributed by atoms with E-state index in [0.717, 1.165) is 36.5 Å². The molecule has 2 aliphatic rings. The van der Waals surface area contributed by atoms with Crippen molar-refractivity contribution in [1.29, 1.82) is 5.41 Å². The minimum absolute atomic E-state index is 0.000864. The van der Waals surface area contributed by atoms with Crippen LogP contribution in [0.15, 0.2) is 51.9 Å². The Kier molecular flexibility index (Phi) is 9.25. The fourth-order valence-electron chi connectivity index (χ4n) is 5.46. The highest BCUT2D eigenvalue weighted by atomic mass is 32.2. The normalized spacial score (nSPS) is 17.9. The Morgan fingerprint density at radius 1 is 1.19 bits per heavy atom. The van der Waals surface area contributed by atoms with Gasteiger partial charge in [-0.2, -0.15) is 9.71 Å². The third kappa shape index (κ3) is 7.87. The first kappa shape index (κ1) is 30.4. The van der Waals surface area contributed by atoms with Gasteiger partial charge < -0.3 is 25.4 Å². The van der Waals surface area contributed by atoms with Crippen LogP contribution in [0, 0.1) is 18.3 Å². The van der Waals surface area contributed by atoms with Crippen LogP contribution in [0.25, 0.3) is 10.8 Å². The first-order valence-corrected chi connectivity index (χ1v) is 16.0. The number of piperidine rings is 1. The van der Waals surface area contributed by atoms with Gasteiger partial charge in [-0.05, 0) is 54.5 Å². The maximum atomic E-state index is 13.9. The molecule has 230 valence electrons. The summed E-state index contributed by atoms with van der Waals surface area (Å²) in [6.07, 6.45) is 3.28. The average molecular weight is 611 g/mol. The van der Waals surface area contributed by atoms with Gasteiger partial charge in [0.2, 0.25) is 27.7 Å². The quantitative estimate of drug-likeness (QED) is 0.174. The van der Waals surface area contributed by atoms with Crippen LogP contribution in [0.1, 0.15) is 43.8 Å². The third-order valence-electron chi connectivity index (χ3n) is 7.88. The maximum Gasteiger partial charge on any atom is 0.241 e. The van der Waals surface area contributed by atoms with E-state index >= 15 is 0 Å². The molecule has 0 unspecified atom stereocenters. The number of guanidine groups is 1. The number of hydrogen-bond acceptors (Lipinski definition) is 8. The Hall–Kier alpha value is -4.04. The summed E-state index contributed by atoms with van der Waals surface area (Å²) in [7, 11) is -4.16. The topological polar surface area (TPSA) is 188 Å². The zero-order chi connectivity index (χ0) is 30.6. The molecule has 13 nitrogen and oxygen atoms in total. The minimum atomic E-state index is -4.16. The van der Waals surface area contributed by atoms with Crippen LogP contribution in [0.4, 0.5) is 0 Å². The molecule has 1 saturated heterocycles. The minimum Gasteiger partial charge on any atom is -0.370 e. The summed E-state index contributed by atoms with van der Waals surface area (Å²) >= 11 is 0. The van der Waals surface area contributed by atoms with Gasteiger partial charge in [-0.3, -0.25) is 15.0 Å². The molecular formula is C29H38N8O5S. The van der Waals surface area contributed by atoms with E-state index in [4.69, 9.17) is 15.7 Å². The first-order valence-electron chi connectivity index (χ1n) is 14.6. The highest BCUT2D eigenvalue weighted by Crippen LogP contribution is 2.28. The molecule has 1 aromatic heterocycles. The molecule has 5 N–H and O–H groups in total. The predicted octanol–water partition coefficient (Wildman–Crippen LogP) is 1.52. The van der Waals surface area contributed by atoms with Gasteiger partial charge in [0, 0.05) is 45.6 Å². The molecule has 0 spiro atoms. The number of benzene rings is 2. The fraction of sp³-hybridized carbons (Fsp3) is 0.483. The molecule has 2 atom stereocenters. The van der Waals surface area contributed by atoms with E-state index in [9.17, 15) is 18.0 Å². The van der Waals surface area contributed by atoms with E-state index in [1.807, 2.05) is 24.3 Å². The monoisotopic (exact) mass is 610 g/mol. The molecule has 5 rings (SSSR count). The molecule has 1 aliphatic heterocycles. The van der Waals surface area contributed by atoms with Crippen molar-refractivity contribution in [2.24, 2.45) is 11.7 Å². The second-order valence-electron chi connectivity index (χ2n) is 11.3. The molecule has 1 saturated carbocycles. The standard InChI is InChI=1S/C29H38N8O5S/c1-19-33-26(34-42-19)12-14-37(23-9-10-23)28(39)25(16-27(38)32-17-20-5-4-13-36(18-20)29(30)31)35-43(40,41)24-11-8-21-6-2-3-7-22(21)15-24/h2-3,6-8,11,15,20,23,25,35H,4-5,9-10,12-14,16-18H2,1H3,(H3,30,31)(H,32,38)/t20-,25-/m0/s1. The number of fused-ring (bicyclic) bond motifs is 1. The molecule has 1 aliphatic carbocycles. The van der Waals surface area contributed by atoms with E-state index in [1.54, 1.807) is 28.9 Å². The molecule has 0 radical (unpaired) electrons. The molecular weight excluding hydrogens is 572 g/mol. The highest BCUT2D eigenvalue weighted by Gasteiger charge is 2.38. The van der Waals surface area contributed by atoms with Gasteiger partial charge in [0.15, 0.2) is 11.8 Å². The summed E-state index contributed by atoms with van der Waals surface area (Å²) in [5.74, 6) is 0.0505. The number of hydrogen-bond donors (Lipinski definition) is 4. The van der Waals surface area contributed by atoms with Gasteiger partial charge in [-0.15, -0.1) is 0 Å². The molecule has 0 bridgehead atoms. The molecule has 3 aromatic rings. The summed E-state index contributed by atoms with van der Waals surface area (Å²) in [5, 5.41) is 16.1. The summed E-state index contributed by atoms with van der Waals surface area (Å²) in [6.45, 7) is 3.54. The number of aryl methyl sites for hydroxylation is 1. The number of nitrogens with two attached hydrogens (primary N) is 1. The van der Waals surface area contributed by atoms with Crippen molar-refractivity contribution in [3.8, 4) is 0 Å². The summed E-state index contributed by atoms with van der Waals surface area (Å²) < 4.78 is 34.8. The fourth-order valence-corrected chi connectivity index (χ4v) is 6.68. The lowest BCUT2D eigenvalue weighted by Crippen LogP contribution is -2.52. The second kappa shape index (κ2) is 13.1. The van der Waals surface area contributed by atoms with E-state index in [-0.39, 0.29) is 35.8 Å². The van der Waals surface area contributed by atoms with E-state index in [1.165, 1.54) is 6.07 Å². The van der Waals surface area contributed by atoms with Gasteiger partial charge in [0.05, 0.1) is 11.3 Å². The summed E-state index contributed by atoms with van der Waals surface area (Å²) in [5.41, 5.74) is 5.64. The highest BCUT2D eigenvalue weighted by molar-refractivity contribution is 7.89. The van der Waals surface area contributed by atoms with Crippen LogP contribution in [-0.2, 0) is 26.0 Å². The second-order valence-corrected chi connectivity index (χ2v) is 13.0. The SMILES string of the molecule is Cc1nc(CCN(C(=O)[C@H](CC(=O)NC[C@@H]2CCCN(C(=N)N)C2)NS(=O)(=O)c2ccc3ccccc3c2)C2CC2)no1. The zero-order valence-corrected chi connectivity index (χ0v) is 25.0. The van der Waals surface area contributed by atoms with Crippen LogP contribution in [-0.4, -0.2) is 84.4 Å². The Morgan fingerprint density at radius 3 is 2.65 bits per heavy atom. The van der Waals surface area contributed by atoms with Crippen molar-refractivity contribution in [1.82, 2.24) is 30.0 Å². The molecule has 2 amide bonds. The van der Waals surface area contributed by atoms with E-state index in [2.05, 4.69) is 20.2 Å². The lowest BCUT2D eigenvalue weighted by molar-refractivity contribution is -0.136. The number of amides is 2. The number of likely N-dealkylation sites (tertiary alicyclic amines) is 1. The predicted molar refractivity (Wildman–Crippen MR) is 159 cm³/mol. The summed E-state index contributed by atoms with van der Waals surface area (Å²) in [4.78, 5) is 34.7. The number of nitrogens with zero attached hydrogens (tertiary/aromatic N) is 4. The van der Waals surface area contributed by atoms with Crippen LogP contribution in [0.3, 0.4) is 0 Å². The van der Waals surface area contributed by atoms with Crippen LogP contribution in [0.2, 0.25) is 0 Å². The number of nitrogens with one attached hydrogen (secondary N) is 3. The van der Waals surface area contributed by atoms with E-state index < -0.39 is 27.9 Å². The zero-order valence-electron chi connectivity index (χ0n) is 24.2. The van der Waals surface area contributed by atoms with Gasteiger partial charge in [-0.25, -0.2) is 8.42 Å². The Morgan fingerprint density at radius 2 is 1.95 bits per heavy atom. The largest absolute Gasteiger partial charge is 0.370 e. The van der Waals surface area contributed by atoms with Crippen molar-refractivity contribution in [3.05, 3.63) is 54.2 Å². The van der Waals surface area contributed by atoms with Crippen molar-refractivity contribution in [2.45, 2.75) is 62.4 Å². The Bertz CT molecular complexity index is 1590. The molecule has 43 heavy (non-hydrogen) atoms. The third-order valence-corrected chi connectivity index (χ3v) is 9.35. The molecule has 2 fully saturated rings. The van der Waals surface area contributed by atoms with Crippen LogP contribution < -0.4 is 15.8 Å². The molecule has 14 heteroatoms. The Balaban J connectivity index is 1.32. The van der Waals surface area contributed by atoms with Crippen LogP contribution >= 0.6 is 0 Å². The van der Waals surface area contributed by atoms with Crippen LogP contribution in [0.5, 0.6) is 0 Å². The van der Waals surface area contributed by atoms with Gasteiger partial charge >= 0.3 is 0 Å². The van der Waals surface area contributed by atoms with Gasteiger partial charge in [0.1, 0.15) is 6.04 Å².